The van der Waals surface area contributed by atoms with Gasteiger partial charge in [0.15, 0.2) is 5.65 Å². The van der Waals surface area contributed by atoms with Crippen LogP contribution in [0.15, 0.2) is 42.6 Å². The minimum atomic E-state index is -0.181. The summed E-state index contributed by atoms with van der Waals surface area (Å²) < 4.78 is 3.87. The molecule has 160 valence electrons. The van der Waals surface area contributed by atoms with Crippen molar-refractivity contribution < 1.29 is 4.79 Å². The van der Waals surface area contributed by atoms with Crippen molar-refractivity contribution in [3.63, 3.8) is 0 Å². The molecular formula is C23H25ClN6O. The number of rotatable bonds is 6. The summed E-state index contributed by atoms with van der Waals surface area (Å²) in [5, 5.41) is 8.81. The van der Waals surface area contributed by atoms with E-state index >= 15 is 0 Å². The number of hydrogen-bond acceptors (Lipinski definition) is 4. The molecule has 1 aliphatic heterocycles. The molecule has 1 aromatic carbocycles. The van der Waals surface area contributed by atoms with Gasteiger partial charge < -0.3 is 9.88 Å². The minimum absolute atomic E-state index is 0.181. The third-order valence-corrected chi connectivity index (χ3v) is 6.30. The SMILES string of the molecule is Cn1c2c(c3ccccc31)CN(CCCCNC(=O)c1cn3nc(Cl)ccc3n1)CC2. The second-order valence-corrected chi connectivity index (χ2v) is 8.46. The van der Waals surface area contributed by atoms with Crippen molar-refractivity contribution in [3.05, 3.63) is 64.7 Å². The van der Waals surface area contributed by atoms with Crippen molar-refractivity contribution in [1.29, 1.82) is 0 Å². The summed E-state index contributed by atoms with van der Waals surface area (Å²) in [7, 11) is 2.17. The Kier molecular flexibility index (Phi) is 5.38. The molecule has 3 aromatic heterocycles. The van der Waals surface area contributed by atoms with Crippen LogP contribution in [0.2, 0.25) is 5.15 Å². The summed E-state index contributed by atoms with van der Waals surface area (Å²) in [5.41, 5.74) is 5.22. The van der Waals surface area contributed by atoms with Crippen LogP contribution in [-0.4, -0.2) is 49.6 Å². The van der Waals surface area contributed by atoms with Gasteiger partial charge in [-0.15, -0.1) is 0 Å². The first-order valence-electron chi connectivity index (χ1n) is 10.7. The van der Waals surface area contributed by atoms with E-state index in [1.807, 2.05) is 0 Å². The first-order valence-corrected chi connectivity index (χ1v) is 11.1. The van der Waals surface area contributed by atoms with Crippen molar-refractivity contribution in [3.8, 4) is 0 Å². The van der Waals surface area contributed by atoms with Crippen LogP contribution in [0.25, 0.3) is 16.6 Å². The lowest BCUT2D eigenvalue weighted by atomic mass is 10.0. The Morgan fingerprint density at radius 1 is 1.19 bits per heavy atom. The molecule has 0 saturated heterocycles. The Morgan fingerprint density at radius 3 is 2.97 bits per heavy atom. The minimum Gasteiger partial charge on any atom is -0.351 e. The highest BCUT2D eigenvalue weighted by Crippen LogP contribution is 2.30. The Hall–Kier alpha value is -2.90. The van der Waals surface area contributed by atoms with Crippen LogP contribution in [0, 0.1) is 0 Å². The molecule has 0 aliphatic carbocycles. The molecule has 0 bridgehead atoms. The first kappa shape index (κ1) is 20.0. The van der Waals surface area contributed by atoms with Gasteiger partial charge in [0, 0.05) is 49.7 Å². The highest BCUT2D eigenvalue weighted by molar-refractivity contribution is 6.29. The summed E-state index contributed by atoms with van der Waals surface area (Å²) in [4.78, 5) is 19.2. The number of carbonyl (C=O) groups excluding carboxylic acids is 1. The van der Waals surface area contributed by atoms with E-state index in [0.717, 1.165) is 38.9 Å². The van der Waals surface area contributed by atoms with Crippen molar-refractivity contribution in [2.75, 3.05) is 19.6 Å². The Labute approximate surface area is 185 Å². The van der Waals surface area contributed by atoms with Gasteiger partial charge in [0.1, 0.15) is 10.8 Å². The number of para-hydroxylation sites is 1. The highest BCUT2D eigenvalue weighted by Gasteiger charge is 2.22. The number of nitrogens with one attached hydrogen (secondary N) is 1. The van der Waals surface area contributed by atoms with Crippen LogP contribution in [0.4, 0.5) is 0 Å². The Morgan fingerprint density at radius 2 is 2.06 bits per heavy atom. The van der Waals surface area contributed by atoms with E-state index in [0.29, 0.717) is 23.0 Å². The maximum absolute atomic E-state index is 12.4. The summed E-state index contributed by atoms with van der Waals surface area (Å²) in [6.45, 7) is 3.75. The third kappa shape index (κ3) is 3.91. The molecule has 1 amide bonds. The average molecular weight is 437 g/mol. The zero-order chi connectivity index (χ0) is 21.4. The molecule has 1 aliphatic rings. The summed E-state index contributed by atoms with van der Waals surface area (Å²) in [6, 6.07) is 12.1. The number of imidazole rings is 1. The molecule has 1 N–H and O–H groups in total. The number of aryl methyl sites for hydroxylation is 1. The van der Waals surface area contributed by atoms with E-state index < -0.39 is 0 Å². The summed E-state index contributed by atoms with van der Waals surface area (Å²) in [6.07, 6.45) is 4.67. The number of hydrogen-bond donors (Lipinski definition) is 1. The molecule has 5 rings (SSSR count). The van der Waals surface area contributed by atoms with Gasteiger partial charge in [0.2, 0.25) is 0 Å². The molecule has 7 nitrogen and oxygen atoms in total. The van der Waals surface area contributed by atoms with Crippen LogP contribution in [0.5, 0.6) is 0 Å². The highest BCUT2D eigenvalue weighted by atomic mass is 35.5. The predicted octanol–water partition coefficient (Wildman–Crippen LogP) is 3.44. The normalized spacial score (nSPS) is 14.3. The maximum atomic E-state index is 12.4. The standard InChI is InChI=1S/C23H25ClN6O/c1-28-19-7-3-2-6-16(19)17-14-29(13-10-20(17)28)12-5-4-11-25-23(31)18-15-30-22(26-18)9-8-21(24)27-30/h2-3,6-9,15H,4-5,10-14H2,1H3,(H,25,31). The van der Waals surface area contributed by atoms with Crippen LogP contribution in [0.1, 0.15) is 34.6 Å². The number of carbonyl (C=O) groups is 1. The molecule has 31 heavy (non-hydrogen) atoms. The number of fused-ring (bicyclic) bond motifs is 4. The van der Waals surface area contributed by atoms with Gasteiger partial charge in [-0.3, -0.25) is 9.69 Å². The first-order chi connectivity index (χ1) is 15.1. The molecule has 0 unspecified atom stereocenters. The van der Waals surface area contributed by atoms with E-state index in [9.17, 15) is 4.79 Å². The van der Waals surface area contributed by atoms with Gasteiger partial charge in [-0.05, 0) is 43.1 Å². The van der Waals surface area contributed by atoms with E-state index in [1.165, 1.54) is 26.7 Å². The van der Waals surface area contributed by atoms with Gasteiger partial charge in [-0.2, -0.15) is 5.10 Å². The zero-order valence-electron chi connectivity index (χ0n) is 17.5. The average Bonchev–Trinajstić information content (AvgIpc) is 3.33. The van der Waals surface area contributed by atoms with Crippen LogP contribution in [0.3, 0.4) is 0 Å². The molecular weight excluding hydrogens is 412 g/mol. The lowest BCUT2D eigenvalue weighted by Crippen LogP contribution is -2.32. The lowest BCUT2D eigenvalue weighted by molar-refractivity contribution is 0.0948. The summed E-state index contributed by atoms with van der Waals surface area (Å²) in [5.74, 6) is -0.181. The second kappa shape index (κ2) is 8.32. The molecule has 0 atom stereocenters. The van der Waals surface area contributed by atoms with E-state index in [2.05, 4.69) is 56.2 Å². The molecule has 8 heteroatoms. The van der Waals surface area contributed by atoms with E-state index in [1.54, 1.807) is 18.3 Å². The quantitative estimate of drug-likeness (QED) is 0.470. The number of halogens is 1. The maximum Gasteiger partial charge on any atom is 0.271 e. The van der Waals surface area contributed by atoms with Crippen molar-refractivity contribution in [1.82, 2.24) is 29.4 Å². The van der Waals surface area contributed by atoms with Gasteiger partial charge >= 0.3 is 0 Å². The topological polar surface area (TPSA) is 67.5 Å². The molecule has 4 heterocycles. The van der Waals surface area contributed by atoms with E-state index in [-0.39, 0.29) is 5.91 Å². The largest absolute Gasteiger partial charge is 0.351 e. The van der Waals surface area contributed by atoms with Crippen LogP contribution >= 0.6 is 11.6 Å². The number of nitrogens with zero attached hydrogens (tertiary/aromatic N) is 5. The molecule has 0 radical (unpaired) electrons. The number of amides is 1. The number of aromatic nitrogens is 4. The fourth-order valence-electron chi connectivity index (χ4n) is 4.50. The summed E-state index contributed by atoms with van der Waals surface area (Å²) >= 11 is 5.88. The predicted molar refractivity (Wildman–Crippen MR) is 121 cm³/mol. The molecule has 0 spiro atoms. The number of benzene rings is 1. The zero-order valence-corrected chi connectivity index (χ0v) is 18.3. The second-order valence-electron chi connectivity index (χ2n) is 8.08. The Balaban J connectivity index is 1.11. The molecule has 0 saturated carbocycles. The number of unbranched alkanes of at least 4 members (excludes halogenated alkanes) is 1. The van der Waals surface area contributed by atoms with E-state index in [4.69, 9.17) is 11.6 Å². The van der Waals surface area contributed by atoms with Crippen molar-refractivity contribution in [2.45, 2.75) is 25.8 Å². The monoisotopic (exact) mass is 436 g/mol. The fourth-order valence-corrected chi connectivity index (χ4v) is 4.64. The van der Waals surface area contributed by atoms with Gasteiger partial charge in [0.25, 0.3) is 5.91 Å². The smallest absolute Gasteiger partial charge is 0.271 e. The van der Waals surface area contributed by atoms with Gasteiger partial charge in [-0.25, -0.2) is 9.50 Å². The molecule has 4 aromatic rings. The third-order valence-electron chi connectivity index (χ3n) is 6.10. The van der Waals surface area contributed by atoms with Crippen LogP contribution in [-0.2, 0) is 20.0 Å². The van der Waals surface area contributed by atoms with Gasteiger partial charge in [-0.1, -0.05) is 29.8 Å². The lowest BCUT2D eigenvalue weighted by Gasteiger charge is -2.27. The fraction of sp³-hybridized carbons (Fsp3) is 0.348. The molecule has 0 fully saturated rings. The van der Waals surface area contributed by atoms with Crippen LogP contribution < -0.4 is 5.32 Å². The van der Waals surface area contributed by atoms with Crippen molar-refractivity contribution in [2.24, 2.45) is 7.05 Å². The Bertz CT molecular complexity index is 1260. The van der Waals surface area contributed by atoms with Gasteiger partial charge in [0.05, 0.1) is 6.20 Å². The van der Waals surface area contributed by atoms with Crippen molar-refractivity contribution >= 4 is 34.1 Å².